The smallest absolute Gasteiger partial charge is 0.267 e. The summed E-state index contributed by atoms with van der Waals surface area (Å²) in [5.74, 6) is -0.342. The van der Waals surface area contributed by atoms with Crippen molar-refractivity contribution in [2.45, 2.75) is 13.3 Å². The van der Waals surface area contributed by atoms with Gasteiger partial charge in [-0.15, -0.1) is 0 Å². The standard InChI is InChI=1S/C18H24N4O3/c1-14-11-16(23)3-4-17(14)21-18(24)15(12-19)13-20-5-2-6-22-7-9-25-10-8-22/h3-4,11,13,20,23H,2,5-10H2,1H3,(H,21,24)/b15-13-. The summed E-state index contributed by atoms with van der Waals surface area (Å²) in [6, 6.07) is 6.55. The van der Waals surface area contributed by atoms with E-state index < -0.39 is 5.91 Å². The van der Waals surface area contributed by atoms with Crippen molar-refractivity contribution in [3.63, 3.8) is 0 Å². The highest BCUT2D eigenvalue weighted by Crippen LogP contribution is 2.20. The summed E-state index contributed by atoms with van der Waals surface area (Å²) >= 11 is 0. The first-order chi connectivity index (χ1) is 12.1. The second kappa shape index (κ2) is 9.67. The Balaban J connectivity index is 1.78. The number of morpholine rings is 1. The molecule has 0 bridgehead atoms. The van der Waals surface area contributed by atoms with E-state index in [0.29, 0.717) is 12.2 Å². The molecule has 0 aliphatic carbocycles. The third-order valence-corrected chi connectivity index (χ3v) is 3.97. The third kappa shape index (κ3) is 6.10. The molecule has 0 saturated carbocycles. The van der Waals surface area contributed by atoms with Crippen LogP contribution >= 0.6 is 0 Å². The SMILES string of the molecule is Cc1cc(O)ccc1NC(=O)/C(C#N)=C\NCCCN1CCOCC1. The molecule has 1 aromatic rings. The van der Waals surface area contributed by atoms with Crippen molar-refractivity contribution in [3.8, 4) is 11.8 Å². The van der Waals surface area contributed by atoms with Gasteiger partial charge in [-0.25, -0.2) is 0 Å². The number of nitrogens with one attached hydrogen (secondary N) is 2. The zero-order valence-electron chi connectivity index (χ0n) is 14.4. The van der Waals surface area contributed by atoms with Crippen LogP contribution < -0.4 is 10.6 Å². The summed E-state index contributed by atoms with van der Waals surface area (Å²) in [5, 5.41) is 24.3. The summed E-state index contributed by atoms with van der Waals surface area (Å²) in [7, 11) is 0. The molecule has 0 spiro atoms. The van der Waals surface area contributed by atoms with Crippen LogP contribution in [0.25, 0.3) is 0 Å². The van der Waals surface area contributed by atoms with Crippen molar-refractivity contribution >= 4 is 11.6 Å². The van der Waals surface area contributed by atoms with Crippen LogP contribution in [0.2, 0.25) is 0 Å². The molecule has 1 saturated heterocycles. The van der Waals surface area contributed by atoms with E-state index in [1.54, 1.807) is 19.1 Å². The van der Waals surface area contributed by atoms with E-state index in [1.807, 2.05) is 6.07 Å². The molecule has 25 heavy (non-hydrogen) atoms. The first-order valence-electron chi connectivity index (χ1n) is 8.35. The van der Waals surface area contributed by atoms with Crippen LogP contribution in [-0.2, 0) is 9.53 Å². The number of phenols is 1. The van der Waals surface area contributed by atoms with Crippen LogP contribution in [0.1, 0.15) is 12.0 Å². The van der Waals surface area contributed by atoms with Crippen LogP contribution in [0.4, 0.5) is 5.69 Å². The molecule has 1 aromatic carbocycles. The van der Waals surface area contributed by atoms with E-state index in [2.05, 4.69) is 15.5 Å². The topological polar surface area (TPSA) is 97.6 Å². The number of hydrogen-bond donors (Lipinski definition) is 3. The molecule has 1 heterocycles. The predicted octanol–water partition coefficient (Wildman–Crippen LogP) is 1.36. The van der Waals surface area contributed by atoms with Crippen LogP contribution in [0, 0.1) is 18.3 Å². The number of anilines is 1. The summed E-state index contributed by atoms with van der Waals surface area (Å²) in [4.78, 5) is 14.5. The summed E-state index contributed by atoms with van der Waals surface area (Å²) in [6.45, 7) is 6.89. The van der Waals surface area contributed by atoms with Crippen molar-refractivity contribution in [1.82, 2.24) is 10.2 Å². The van der Waals surface area contributed by atoms with Gasteiger partial charge in [0.25, 0.3) is 5.91 Å². The molecule has 2 rings (SSSR count). The number of amides is 1. The lowest BCUT2D eigenvalue weighted by molar-refractivity contribution is -0.112. The lowest BCUT2D eigenvalue weighted by atomic mass is 10.2. The van der Waals surface area contributed by atoms with Gasteiger partial charge in [-0.2, -0.15) is 5.26 Å². The molecule has 1 aliphatic heterocycles. The number of rotatable bonds is 7. The van der Waals surface area contributed by atoms with E-state index in [1.165, 1.54) is 12.3 Å². The van der Waals surface area contributed by atoms with E-state index >= 15 is 0 Å². The maximum atomic E-state index is 12.2. The average molecular weight is 344 g/mol. The number of ether oxygens (including phenoxy) is 1. The number of nitrogens with zero attached hydrogens (tertiary/aromatic N) is 2. The molecule has 134 valence electrons. The normalized spacial score (nSPS) is 15.4. The maximum Gasteiger partial charge on any atom is 0.267 e. The van der Waals surface area contributed by atoms with Crippen molar-refractivity contribution in [3.05, 3.63) is 35.5 Å². The molecule has 7 heteroatoms. The highest BCUT2D eigenvalue weighted by molar-refractivity contribution is 6.06. The van der Waals surface area contributed by atoms with Crippen LogP contribution in [0.15, 0.2) is 30.0 Å². The zero-order chi connectivity index (χ0) is 18.1. The van der Waals surface area contributed by atoms with Crippen molar-refractivity contribution in [1.29, 1.82) is 5.26 Å². The number of hydrogen-bond acceptors (Lipinski definition) is 6. The lowest BCUT2D eigenvalue weighted by Gasteiger charge is -2.26. The number of aromatic hydroxyl groups is 1. The molecule has 1 aliphatic rings. The van der Waals surface area contributed by atoms with E-state index in [9.17, 15) is 9.90 Å². The monoisotopic (exact) mass is 344 g/mol. The third-order valence-electron chi connectivity index (χ3n) is 3.97. The Labute approximate surface area is 147 Å². The number of nitriles is 1. The van der Waals surface area contributed by atoms with Crippen molar-refractivity contribution < 1.29 is 14.6 Å². The van der Waals surface area contributed by atoms with E-state index in [0.717, 1.165) is 44.8 Å². The number of benzene rings is 1. The molecular weight excluding hydrogens is 320 g/mol. The Hall–Kier alpha value is -2.56. The number of carbonyl (C=O) groups excluding carboxylic acids is 1. The van der Waals surface area contributed by atoms with Crippen LogP contribution in [0.3, 0.4) is 0 Å². The molecule has 1 amide bonds. The number of phenolic OH excluding ortho intramolecular Hbond substituents is 1. The van der Waals surface area contributed by atoms with Crippen LogP contribution in [0.5, 0.6) is 5.75 Å². The molecular formula is C18H24N4O3. The van der Waals surface area contributed by atoms with Gasteiger partial charge in [-0.1, -0.05) is 0 Å². The minimum Gasteiger partial charge on any atom is -0.508 e. The van der Waals surface area contributed by atoms with Gasteiger partial charge >= 0.3 is 0 Å². The Morgan fingerprint density at radius 3 is 2.88 bits per heavy atom. The molecule has 0 atom stereocenters. The Morgan fingerprint density at radius 1 is 1.44 bits per heavy atom. The maximum absolute atomic E-state index is 12.2. The van der Waals surface area contributed by atoms with Crippen LogP contribution in [-0.4, -0.2) is 55.3 Å². The number of aryl methyl sites for hydroxylation is 1. The minimum absolute atomic E-state index is 0.0128. The summed E-state index contributed by atoms with van der Waals surface area (Å²) < 4.78 is 5.30. The zero-order valence-corrected chi connectivity index (χ0v) is 14.4. The number of carbonyl (C=O) groups is 1. The first kappa shape index (κ1) is 18.8. The van der Waals surface area contributed by atoms with Gasteiger partial charge in [-0.3, -0.25) is 9.69 Å². The quantitative estimate of drug-likeness (QED) is 0.299. The fourth-order valence-corrected chi connectivity index (χ4v) is 2.53. The Bertz CT molecular complexity index is 661. The molecule has 0 aromatic heterocycles. The Kier molecular flexibility index (Phi) is 7.26. The van der Waals surface area contributed by atoms with Gasteiger partial charge in [0.1, 0.15) is 17.4 Å². The van der Waals surface area contributed by atoms with Gasteiger partial charge in [-0.05, 0) is 43.7 Å². The molecule has 1 fully saturated rings. The predicted molar refractivity (Wildman–Crippen MR) is 95.0 cm³/mol. The van der Waals surface area contributed by atoms with Gasteiger partial charge in [0, 0.05) is 31.5 Å². The fraction of sp³-hybridized carbons (Fsp3) is 0.444. The molecule has 0 radical (unpaired) electrons. The lowest BCUT2D eigenvalue weighted by Crippen LogP contribution is -2.37. The summed E-state index contributed by atoms with van der Waals surface area (Å²) in [5.41, 5.74) is 1.30. The fourth-order valence-electron chi connectivity index (χ4n) is 2.53. The largest absolute Gasteiger partial charge is 0.508 e. The summed E-state index contributed by atoms with van der Waals surface area (Å²) in [6.07, 6.45) is 2.37. The molecule has 0 unspecified atom stereocenters. The first-order valence-corrected chi connectivity index (χ1v) is 8.35. The second-order valence-electron chi connectivity index (χ2n) is 5.88. The Morgan fingerprint density at radius 2 is 2.20 bits per heavy atom. The van der Waals surface area contributed by atoms with Gasteiger partial charge in [0.2, 0.25) is 0 Å². The van der Waals surface area contributed by atoms with E-state index in [4.69, 9.17) is 10.00 Å². The average Bonchev–Trinajstić information content (AvgIpc) is 2.61. The van der Waals surface area contributed by atoms with Crippen molar-refractivity contribution in [2.24, 2.45) is 0 Å². The van der Waals surface area contributed by atoms with Gasteiger partial charge in [0.05, 0.1) is 13.2 Å². The van der Waals surface area contributed by atoms with E-state index in [-0.39, 0.29) is 11.3 Å². The second-order valence-corrected chi connectivity index (χ2v) is 5.88. The minimum atomic E-state index is -0.475. The van der Waals surface area contributed by atoms with Gasteiger partial charge in [0.15, 0.2) is 0 Å². The highest BCUT2D eigenvalue weighted by atomic mass is 16.5. The van der Waals surface area contributed by atoms with Crippen molar-refractivity contribution in [2.75, 3.05) is 44.7 Å². The molecule has 7 nitrogen and oxygen atoms in total. The van der Waals surface area contributed by atoms with Gasteiger partial charge < -0.3 is 20.5 Å². The highest BCUT2D eigenvalue weighted by Gasteiger charge is 2.11. The molecule has 3 N–H and O–H groups in total.